The summed E-state index contributed by atoms with van der Waals surface area (Å²) in [6.45, 7) is 6.88. The summed E-state index contributed by atoms with van der Waals surface area (Å²) in [4.78, 5) is 19.5. The van der Waals surface area contributed by atoms with Crippen molar-refractivity contribution in [2.45, 2.75) is 39.2 Å². The maximum Gasteiger partial charge on any atom is 0.233 e. The van der Waals surface area contributed by atoms with Crippen LogP contribution in [0.3, 0.4) is 0 Å². The summed E-state index contributed by atoms with van der Waals surface area (Å²) in [5.41, 5.74) is 2.67. The molecule has 2 aromatic rings. The number of aromatic nitrogens is 1. The molecule has 25 heavy (non-hydrogen) atoms. The van der Waals surface area contributed by atoms with Gasteiger partial charge in [0.15, 0.2) is 0 Å². The molecule has 0 radical (unpaired) electrons. The van der Waals surface area contributed by atoms with E-state index < -0.39 is 5.41 Å². The van der Waals surface area contributed by atoms with Crippen LogP contribution in [-0.4, -0.2) is 29.9 Å². The maximum atomic E-state index is 13.4. The molecule has 1 aliphatic carbocycles. The zero-order chi connectivity index (χ0) is 18.2. The molecule has 0 aliphatic heterocycles. The number of benzene rings is 1. The molecule has 0 bridgehead atoms. The average Bonchev–Trinajstić information content (AvgIpc) is 3.18. The first-order chi connectivity index (χ1) is 11.8. The SMILES string of the molecule is COc1ccnc(CN(C)C(=O)[C@@]2(c3ccc(C)cc3)CC2(C)C)c1. The Labute approximate surface area is 149 Å². The topological polar surface area (TPSA) is 42.4 Å². The van der Waals surface area contributed by atoms with Crippen molar-refractivity contribution in [3.63, 3.8) is 0 Å². The number of methoxy groups -OCH3 is 1. The van der Waals surface area contributed by atoms with Gasteiger partial charge in [0.25, 0.3) is 0 Å². The Bertz CT molecular complexity index is 783. The Balaban J connectivity index is 1.85. The van der Waals surface area contributed by atoms with Crippen LogP contribution >= 0.6 is 0 Å². The maximum absolute atomic E-state index is 13.4. The summed E-state index contributed by atoms with van der Waals surface area (Å²) < 4.78 is 5.25. The van der Waals surface area contributed by atoms with Gasteiger partial charge in [-0.1, -0.05) is 43.7 Å². The number of hydrogen-bond donors (Lipinski definition) is 0. The van der Waals surface area contributed by atoms with E-state index in [4.69, 9.17) is 4.74 Å². The summed E-state index contributed by atoms with van der Waals surface area (Å²) >= 11 is 0. The predicted molar refractivity (Wildman–Crippen MR) is 98.5 cm³/mol. The second-order valence-corrected chi connectivity index (χ2v) is 7.68. The van der Waals surface area contributed by atoms with Crippen molar-refractivity contribution >= 4 is 5.91 Å². The minimum Gasteiger partial charge on any atom is -0.497 e. The molecule has 0 spiro atoms. The number of amides is 1. The van der Waals surface area contributed by atoms with Crippen LogP contribution in [0.2, 0.25) is 0 Å². The Hall–Kier alpha value is -2.36. The zero-order valence-corrected chi connectivity index (χ0v) is 15.7. The molecule has 1 aliphatic rings. The molecule has 132 valence electrons. The Morgan fingerprint density at radius 2 is 1.88 bits per heavy atom. The van der Waals surface area contributed by atoms with E-state index in [-0.39, 0.29) is 11.3 Å². The van der Waals surface area contributed by atoms with Gasteiger partial charge in [0.05, 0.1) is 24.8 Å². The number of aryl methyl sites for hydroxylation is 1. The van der Waals surface area contributed by atoms with E-state index in [1.807, 2.05) is 19.2 Å². The predicted octanol–water partition coefficient (Wildman–Crippen LogP) is 3.72. The lowest BCUT2D eigenvalue weighted by atomic mass is 9.86. The van der Waals surface area contributed by atoms with Crippen LogP contribution in [0, 0.1) is 12.3 Å². The Morgan fingerprint density at radius 3 is 2.44 bits per heavy atom. The number of carbonyl (C=O) groups excluding carboxylic acids is 1. The lowest BCUT2D eigenvalue weighted by Crippen LogP contribution is -2.39. The smallest absolute Gasteiger partial charge is 0.233 e. The average molecular weight is 338 g/mol. The summed E-state index contributed by atoms with van der Waals surface area (Å²) in [6.07, 6.45) is 2.58. The molecule has 1 heterocycles. The molecular formula is C21H26N2O2. The second kappa shape index (κ2) is 6.17. The molecule has 1 saturated carbocycles. The van der Waals surface area contributed by atoms with Crippen LogP contribution in [0.1, 0.15) is 37.1 Å². The van der Waals surface area contributed by atoms with Gasteiger partial charge in [0.1, 0.15) is 5.75 Å². The first-order valence-electron chi connectivity index (χ1n) is 8.62. The second-order valence-electron chi connectivity index (χ2n) is 7.68. The third kappa shape index (κ3) is 3.01. The molecular weight excluding hydrogens is 312 g/mol. The fourth-order valence-corrected chi connectivity index (χ4v) is 3.75. The Morgan fingerprint density at radius 1 is 1.24 bits per heavy atom. The van der Waals surface area contributed by atoms with Gasteiger partial charge in [-0.25, -0.2) is 0 Å². The van der Waals surface area contributed by atoms with E-state index in [2.05, 4.69) is 50.0 Å². The fraction of sp³-hybridized carbons (Fsp3) is 0.429. The lowest BCUT2D eigenvalue weighted by molar-refractivity contribution is -0.134. The van der Waals surface area contributed by atoms with Crippen molar-refractivity contribution < 1.29 is 9.53 Å². The van der Waals surface area contributed by atoms with Crippen LogP contribution < -0.4 is 4.74 Å². The van der Waals surface area contributed by atoms with Crippen LogP contribution in [0.5, 0.6) is 5.75 Å². The molecule has 0 N–H and O–H groups in total. The quantitative estimate of drug-likeness (QED) is 0.834. The van der Waals surface area contributed by atoms with Crippen molar-refractivity contribution in [1.29, 1.82) is 0 Å². The van der Waals surface area contributed by atoms with E-state index in [0.29, 0.717) is 6.54 Å². The summed E-state index contributed by atoms with van der Waals surface area (Å²) in [5.74, 6) is 0.914. The van der Waals surface area contributed by atoms with E-state index in [1.54, 1.807) is 18.2 Å². The first-order valence-corrected chi connectivity index (χ1v) is 8.62. The van der Waals surface area contributed by atoms with Gasteiger partial charge in [-0.2, -0.15) is 0 Å². The van der Waals surface area contributed by atoms with Gasteiger partial charge in [-0.05, 0) is 30.4 Å². The largest absolute Gasteiger partial charge is 0.497 e. The molecule has 1 aromatic heterocycles. The van der Waals surface area contributed by atoms with Crippen LogP contribution in [0.25, 0.3) is 0 Å². The van der Waals surface area contributed by atoms with Crippen LogP contribution in [-0.2, 0) is 16.8 Å². The van der Waals surface area contributed by atoms with Gasteiger partial charge in [0.2, 0.25) is 5.91 Å². The van der Waals surface area contributed by atoms with Crippen LogP contribution in [0.15, 0.2) is 42.6 Å². The molecule has 0 unspecified atom stereocenters. The van der Waals surface area contributed by atoms with Gasteiger partial charge < -0.3 is 9.64 Å². The minimum absolute atomic E-state index is 0.0323. The molecule has 1 aromatic carbocycles. The van der Waals surface area contributed by atoms with Gasteiger partial charge in [-0.3, -0.25) is 9.78 Å². The van der Waals surface area contributed by atoms with Crippen molar-refractivity contribution in [2.24, 2.45) is 5.41 Å². The van der Waals surface area contributed by atoms with Gasteiger partial charge in [0, 0.05) is 19.3 Å². The number of hydrogen-bond acceptors (Lipinski definition) is 3. The Kier molecular flexibility index (Phi) is 4.31. The van der Waals surface area contributed by atoms with E-state index in [9.17, 15) is 4.79 Å². The minimum atomic E-state index is -0.436. The summed E-state index contributed by atoms with van der Waals surface area (Å²) in [5, 5.41) is 0. The normalized spacial score (nSPS) is 20.8. The highest BCUT2D eigenvalue weighted by atomic mass is 16.5. The highest BCUT2D eigenvalue weighted by Gasteiger charge is 2.67. The molecule has 4 nitrogen and oxygen atoms in total. The highest BCUT2D eigenvalue weighted by molar-refractivity contribution is 5.93. The molecule has 4 heteroatoms. The third-order valence-electron chi connectivity index (χ3n) is 5.42. The molecule has 0 saturated heterocycles. The number of pyridine rings is 1. The molecule has 1 fully saturated rings. The molecule has 1 amide bonds. The summed E-state index contributed by atoms with van der Waals surface area (Å²) in [6, 6.07) is 12.0. The van der Waals surface area contributed by atoms with Gasteiger partial charge >= 0.3 is 0 Å². The number of carbonyl (C=O) groups is 1. The number of nitrogens with zero attached hydrogens (tertiary/aromatic N) is 2. The molecule has 3 rings (SSSR count). The van der Waals surface area contributed by atoms with Crippen molar-refractivity contribution in [3.8, 4) is 5.75 Å². The fourth-order valence-electron chi connectivity index (χ4n) is 3.75. The van der Waals surface area contributed by atoms with Crippen molar-refractivity contribution in [3.05, 3.63) is 59.4 Å². The van der Waals surface area contributed by atoms with Crippen molar-refractivity contribution in [1.82, 2.24) is 9.88 Å². The monoisotopic (exact) mass is 338 g/mol. The number of ether oxygens (including phenoxy) is 1. The summed E-state index contributed by atoms with van der Waals surface area (Å²) in [7, 11) is 3.49. The zero-order valence-electron chi connectivity index (χ0n) is 15.7. The molecule has 1 atom stereocenters. The first kappa shape index (κ1) is 17.5. The lowest BCUT2D eigenvalue weighted by Gasteiger charge is -2.27. The standard InChI is InChI=1S/C21H26N2O2/c1-15-6-8-16(9-7-15)21(14-20(21,2)3)19(24)23(4)13-17-12-18(25-5)10-11-22-17/h6-12H,13-14H2,1-5H3/t21-/m0/s1. The van der Waals surface area contributed by atoms with Gasteiger partial charge in [-0.15, -0.1) is 0 Å². The van der Waals surface area contributed by atoms with E-state index >= 15 is 0 Å². The third-order valence-corrected chi connectivity index (χ3v) is 5.42. The van der Waals surface area contributed by atoms with E-state index in [1.165, 1.54) is 5.56 Å². The number of likely N-dealkylation sites (N-methyl/N-ethyl adjacent to an activating group) is 1. The number of rotatable bonds is 5. The van der Waals surface area contributed by atoms with Crippen molar-refractivity contribution in [2.75, 3.05) is 14.2 Å². The van der Waals surface area contributed by atoms with E-state index in [0.717, 1.165) is 23.4 Å². The highest BCUT2D eigenvalue weighted by Crippen LogP contribution is 2.65. The van der Waals surface area contributed by atoms with Crippen LogP contribution in [0.4, 0.5) is 0 Å².